The van der Waals surface area contributed by atoms with Crippen molar-refractivity contribution < 1.29 is 14.8 Å². The molecule has 0 saturated heterocycles. The molecule has 2 rings (SSSR count). The molecule has 7 nitrogen and oxygen atoms in total. The van der Waals surface area contributed by atoms with Gasteiger partial charge in [0.15, 0.2) is 0 Å². The highest BCUT2D eigenvalue weighted by atomic mass is 16.6. The van der Waals surface area contributed by atoms with Gasteiger partial charge >= 0.3 is 6.01 Å². The minimum absolute atomic E-state index is 0.0624. The first kappa shape index (κ1) is 12.9. The highest BCUT2D eigenvalue weighted by molar-refractivity contribution is 5.44. The minimum atomic E-state index is -0.498. The van der Waals surface area contributed by atoms with Crippen LogP contribution in [-0.4, -0.2) is 20.0 Å². The van der Waals surface area contributed by atoms with Gasteiger partial charge in [-0.3, -0.25) is 10.1 Å². The molecule has 0 radical (unpaired) electrons. The van der Waals surface area contributed by atoms with E-state index >= 15 is 0 Å². The Labute approximate surface area is 108 Å². The summed E-state index contributed by atoms with van der Waals surface area (Å²) in [6.45, 7) is 1.61. The number of aromatic nitrogens is 2. The van der Waals surface area contributed by atoms with Crippen molar-refractivity contribution in [3.05, 3.63) is 51.8 Å². The zero-order chi connectivity index (χ0) is 13.8. The number of rotatable bonds is 4. The van der Waals surface area contributed by atoms with E-state index in [1.54, 1.807) is 13.0 Å². The van der Waals surface area contributed by atoms with Crippen LogP contribution in [0.2, 0.25) is 0 Å². The fourth-order valence-corrected chi connectivity index (χ4v) is 1.39. The average molecular weight is 261 g/mol. The Balaban J connectivity index is 2.26. The molecule has 19 heavy (non-hydrogen) atoms. The second-order valence-corrected chi connectivity index (χ2v) is 3.84. The van der Waals surface area contributed by atoms with Crippen molar-refractivity contribution in [3.63, 3.8) is 0 Å². The van der Waals surface area contributed by atoms with Crippen molar-refractivity contribution in [3.8, 4) is 11.8 Å². The number of non-ortho nitro benzene ring substituents is 1. The molecule has 0 atom stereocenters. The van der Waals surface area contributed by atoms with Crippen LogP contribution >= 0.6 is 0 Å². The third kappa shape index (κ3) is 3.02. The van der Waals surface area contributed by atoms with Crippen LogP contribution in [0.15, 0.2) is 30.6 Å². The van der Waals surface area contributed by atoms with Gasteiger partial charge in [0.1, 0.15) is 5.75 Å². The van der Waals surface area contributed by atoms with Crippen LogP contribution < -0.4 is 4.74 Å². The summed E-state index contributed by atoms with van der Waals surface area (Å²) < 4.78 is 5.39. The standard InChI is InChI=1S/C12H11N3O4/c1-8-2-3-10(15(17)18)4-11(8)19-12-13-5-9(7-16)6-14-12/h2-6,16H,7H2,1H3. The van der Waals surface area contributed by atoms with E-state index in [2.05, 4.69) is 9.97 Å². The number of nitro benzene ring substituents is 1. The molecular weight excluding hydrogens is 250 g/mol. The quantitative estimate of drug-likeness (QED) is 0.667. The SMILES string of the molecule is Cc1ccc([N+](=O)[O-])cc1Oc1ncc(CO)cn1. The van der Waals surface area contributed by atoms with Gasteiger partial charge < -0.3 is 9.84 Å². The number of aryl methyl sites for hydroxylation is 1. The zero-order valence-electron chi connectivity index (χ0n) is 10.1. The van der Waals surface area contributed by atoms with Gasteiger partial charge in [0, 0.05) is 24.0 Å². The van der Waals surface area contributed by atoms with Crippen molar-refractivity contribution in [2.45, 2.75) is 13.5 Å². The van der Waals surface area contributed by atoms with Crippen LogP contribution in [0.25, 0.3) is 0 Å². The fraction of sp³-hybridized carbons (Fsp3) is 0.167. The van der Waals surface area contributed by atoms with Gasteiger partial charge in [-0.15, -0.1) is 0 Å². The Morgan fingerprint density at radius 1 is 1.37 bits per heavy atom. The van der Waals surface area contributed by atoms with E-state index in [-0.39, 0.29) is 18.3 Å². The molecule has 98 valence electrons. The molecular formula is C12H11N3O4. The second kappa shape index (κ2) is 5.40. The molecule has 0 aliphatic rings. The molecule has 1 heterocycles. The Morgan fingerprint density at radius 2 is 2.05 bits per heavy atom. The molecule has 7 heteroatoms. The lowest BCUT2D eigenvalue weighted by molar-refractivity contribution is -0.384. The van der Waals surface area contributed by atoms with Crippen molar-refractivity contribution >= 4 is 5.69 Å². The highest BCUT2D eigenvalue weighted by Gasteiger charge is 2.11. The van der Waals surface area contributed by atoms with E-state index in [0.29, 0.717) is 11.3 Å². The number of aliphatic hydroxyl groups is 1. The third-order valence-corrected chi connectivity index (χ3v) is 2.45. The first-order valence-corrected chi connectivity index (χ1v) is 5.45. The van der Waals surface area contributed by atoms with E-state index in [9.17, 15) is 10.1 Å². The molecule has 0 amide bonds. The maximum atomic E-state index is 10.7. The zero-order valence-corrected chi connectivity index (χ0v) is 10.1. The molecule has 0 spiro atoms. The maximum Gasteiger partial charge on any atom is 0.321 e. The predicted octanol–water partition coefficient (Wildman–Crippen LogP) is 1.98. The first-order chi connectivity index (χ1) is 9.10. The Hall–Kier alpha value is -2.54. The molecule has 1 aromatic carbocycles. The number of benzene rings is 1. The lowest BCUT2D eigenvalue weighted by Crippen LogP contribution is -1.96. The summed E-state index contributed by atoms with van der Waals surface area (Å²) in [5.41, 5.74) is 1.23. The molecule has 2 aromatic rings. The Morgan fingerprint density at radius 3 is 2.63 bits per heavy atom. The normalized spacial score (nSPS) is 10.2. The smallest absolute Gasteiger partial charge is 0.321 e. The minimum Gasteiger partial charge on any atom is -0.424 e. The van der Waals surface area contributed by atoms with Gasteiger partial charge in [0.2, 0.25) is 0 Å². The van der Waals surface area contributed by atoms with Crippen LogP contribution in [0.1, 0.15) is 11.1 Å². The molecule has 0 aliphatic carbocycles. The summed E-state index contributed by atoms with van der Waals surface area (Å²) in [6.07, 6.45) is 2.85. The van der Waals surface area contributed by atoms with E-state index in [0.717, 1.165) is 5.56 Å². The average Bonchev–Trinajstić information content (AvgIpc) is 2.42. The van der Waals surface area contributed by atoms with E-state index in [4.69, 9.17) is 9.84 Å². The van der Waals surface area contributed by atoms with E-state index in [1.807, 2.05) is 0 Å². The molecule has 0 aliphatic heterocycles. The summed E-state index contributed by atoms with van der Waals surface area (Å²) >= 11 is 0. The van der Waals surface area contributed by atoms with Crippen molar-refractivity contribution in [1.82, 2.24) is 9.97 Å². The predicted molar refractivity (Wildman–Crippen MR) is 65.9 cm³/mol. The van der Waals surface area contributed by atoms with Gasteiger partial charge in [-0.25, -0.2) is 9.97 Å². The van der Waals surface area contributed by atoms with Gasteiger partial charge in [-0.05, 0) is 18.6 Å². The van der Waals surface area contributed by atoms with Crippen molar-refractivity contribution in [2.75, 3.05) is 0 Å². The summed E-state index contributed by atoms with van der Waals surface area (Å²) in [5.74, 6) is 0.325. The number of nitro groups is 1. The number of ether oxygens (including phenoxy) is 1. The van der Waals surface area contributed by atoms with Crippen LogP contribution in [0.4, 0.5) is 5.69 Å². The van der Waals surface area contributed by atoms with Gasteiger partial charge in [0.25, 0.3) is 5.69 Å². The Kier molecular flexibility index (Phi) is 3.67. The largest absolute Gasteiger partial charge is 0.424 e. The number of nitrogens with zero attached hydrogens (tertiary/aromatic N) is 3. The maximum absolute atomic E-state index is 10.7. The summed E-state index contributed by atoms with van der Waals surface area (Å²) in [7, 11) is 0. The van der Waals surface area contributed by atoms with Crippen molar-refractivity contribution in [2.24, 2.45) is 0 Å². The molecule has 0 bridgehead atoms. The van der Waals surface area contributed by atoms with Crippen LogP contribution in [0.3, 0.4) is 0 Å². The lowest BCUT2D eigenvalue weighted by Gasteiger charge is -2.06. The highest BCUT2D eigenvalue weighted by Crippen LogP contribution is 2.27. The van der Waals surface area contributed by atoms with Crippen LogP contribution in [0, 0.1) is 17.0 Å². The topological polar surface area (TPSA) is 98.4 Å². The number of hydrogen-bond donors (Lipinski definition) is 1. The molecule has 0 fully saturated rings. The number of hydrogen-bond acceptors (Lipinski definition) is 6. The second-order valence-electron chi connectivity index (χ2n) is 3.84. The lowest BCUT2D eigenvalue weighted by atomic mass is 10.2. The van der Waals surface area contributed by atoms with Gasteiger partial charge in [-0.1, -0.05) is 0 Å². The van der Waals surface area contributed by atoms with Gasteiger partial charge in [0.05, 0.1) is 17.6 Å². The molecule has 0 saturated carbocycles. The van der Waals surface area contributed by atoms with Crippen molar-refractivity contribution in [1.29, 1.82) is 0 Å². The fourth-order valence-electron chi connectivity index (χ4n) is 1.39. The number of aliphatic hydroxyl groups excluding tert-OH is 1. The summed E-state index contributed by atoms with van der Waals surface area (Å²) in [5, 5.41) is 19.6. The van der Waals surface area contributed by atoms with E-state index in [1.165, 1.54) is 24.5 Å². The molecule has 1 aromatic heterocycles. The third-order valence-electron chi connectivity index (χ3n) is 2.45. The van der Waals surface area contributed by atoms with Crippen LogP contribution in [0.5, 0.6) is 11.8 Å². The molecule has 1 N–H and O–H groups in total. The van der Waals surface area contributed by atoms with E-state index < -0.39 is 4.92 Å². The van der Waals surface area contributed by atoms with Gasteiger partial charge in [-0.2, -0.15) is 0 Å². The van der Waals surface area contributed by atoms with Crippen LogP contribution in [-0.2, 0) is 6.61 Å². The summed E-state index contributed by atoms with van der Waals surface area (Å²) in [4.78, 5) is 18.0. The summed E-state index contributed by atoms with van der Waals surface area (Å²) in [6, 6.07) is 4.38. The monoisotopic (exact) mass is 261 g/mol. The first-order valence-electron chi connectivity index (χ1n) is 5.45. The Bertz CT molecular complexity index is 598. The molecule has 0 unspecified atom stereocenters.